The van der Waals surface area contributed by atoms with Gasteiger partial charge in [-0.25, -0.2) is 5.84 Å². The summed E-state index contributed by atoms with van der Waals surface area (Å²) < 4.78 is 30.6. The number of carbonyl (C=O) groups is 1. The number of nitrogens with two attached hydrogens (primary N) is 1. The number of hydrogen-bond acceptors (Lipinski definition) is 6. The molecule has 0 aliphatic carbocycles. The number of benzene rings is 1. The van der Waals surface area contributed by atoms with E-state index in [1.165, 1.54) is 28.0 Å². The molecule has 8 nitrogen and oxygen atoms in total. The molecule has 0 heterocycles. The predicted octanol–water partition coefficient (Wildman–Crippen LogP) is 1.03. The summed E-state index contributed by atoms with van der Waals surface area (Å²) in [4.78, 5) is 20.6. The van der Waals surface area contributed by atoms with E-state index >= 15 is 0 Å². The maximum Gasteiger partial charge on any atom is 0.483 e. The van der Waals surface area contributed by atoms with Gasteiger partial charge in [0, 0.05) is 6.07 Å². The number of amides is 1. The fourth-order valence-corrected chi connectivity index (χ4v) is 1.86. The number of nitro benzene ring substituents is 1. The molecule has 106 valence electrons. The first-order valence-corrected chi connectivity index (χ1v) is 5.76. The molecule has 0 bridgehead atoms. The number of hydrazine groups is 1. The molecule has 0 saturated carbocycles. The van der Waals surface area contributed by atoms with Crippen molar-refractivity contribution in [1.29, 1.82) is 5.26 Å². The van der Waals surface area contributed by atoms with Crippen LogP contribution in [0.4, 0.5) is 14.5 Å². The standard InChI is InChI=1S/C9H5F2IN4O4/c10-9(11,8(17)15-14)20-7-5(12)1-4(3-13)2-6(7)16(18)19/h1-2H,14H2,(H,15,17). The maximum atomic E-state index is 13.3. The number of halogens is 3. The molecule has 0 atom stereocenters. The third-order valence-corrected chi connectivity index (χ3v) is 2.78. The summed E-state index contributed by atoms with van der Waals surface area (Å²) in [6.07, 6.45) is -4.40. The number of carbonyl (C=O) groups excluding carboxylic acids is 1. The lowest BCUT2D eigenvalue weighted by Crippen LogP contribution is -2.47. The molecule has 0 radical (unpaired) electrons. The summed E-state index contributed by atoms with van der Waals surface area (Å²) in [6, 6.07) is 3.49. The molecule has 11 heteroatoms. The van der Waals surface area contributed by atoms with Gasteiger partial charge < -0.3 is 4.74 Å². The van der Waals surface area contributed by atoms with E-state index in [4.69, 9.17) is 5.26 Å². The van der Waals surface area contributed by atoms with E-state index in [0.29, 0.717) is 0 Å². The number of rotatable bonds is 4. The fourth-order valence-electron chi connectivity index (χ4n) is 1.14. The van der Waals surface area contributed by atoms with Crippen molar-refractivity contribution in [3.63, 3.8) is 0 Å². The second kappa shape index (κ2) is 5.92. The van der Waals surface area contributed by atoms with Crippen molar-refractivity contribution in [3.05, 3.63) is 31.4 Å². The van der Waals surface area contributed by atoms with Crippen LogP contribution in [0.3, 0.4) is 0 Å². The van der Waals surface area contributed by atoms with Gasteiger partial charge in [-0.05, 0) is 28.7 Å². The van der Waals surface area contributed by atoms with Crippen LogP contribution in [0.1, 0.15) is 5.56 Å². The molecule has 1 amide bonds. The Morgan fingerprint density at radius 3 is 2.65 bits per heavy atom. The van der Waals surface area contributed by atoms with Crippen LogP contribution in [-0.4, -0.2) is 16.9 Å². The van der Waals surface area contributed by atoms with Gasteiger partial charge in [-0.2, -0.15) is 14.0 Å². The van der Waals surface area contributed by atoms with Crippen LogP contribution in [0, 0.1) is 25.0 Å². The number of alkyl halides is 2. The van der Waals surface area contributed by atoms with Crippen LogP contribution in [0.2, 0.25) is 0 Å². The normalized spacial score (nSPS) is 10.6. The van der Waals surface area contributed by atoms with Crippen LogP contribution < -0.4 is 16.0 Å². The van der Waals surface area contributed by atoms with Crippen LogP contribution in [-0.2, 0) is 4.79 Å². The molecule has 0 aliphatic rings. The molecule has 0 saturated heterocycles. The summed E-state index contributed by atoms with van der Waals surface area (Å²) in [5.74, 6) is 1.76. The summed E-state index contributed by atoms with van der Waals surface area (Å²) in [6.45, 7) is 0. The largest absolute Gasteiger partial charge is 0.483 e. The summed E-state index contributed by atoms with van der Waals surface area (Å²) in [7, 11) is 0. The zero-order valence-electron chi connectivity index (χ0n) is 9.39. The molecule has 20 heavy (non-hydrogen) atoms. The average Bonchev–Trinajstić information content (AvgIpc) is 2.39. The van der Waals surface area contributed by atoms with Crippen LogP contribution >= 0.6 is 22.6 Å². The Balaban J connectivity index is 3.35. The molecule has 0 aliphatic heterocycles. The van der Waals surface area contributed by atoms with E-state index in [1.807, 2.05) is 0 Å². The molecular weight excluding hydrogens is 393 g/mol. The Hall–Kier alpha value is -2.07. The number of hydrogen-bond donors (Lipinski definition) is 2. The third kappa shape index (κ3) is 3.27. The molecule has 0 aromatic heterocycles. The lowest BCUT2D eigenvalue weighted by molar-refractivity contribution is -0.387. The number of nitrogens with one attached hydrogen (secondary N) is 1. The van der Waals surface area contributed by atoms with Gasteiger partial charge in [0.2, 0.25) is 5.75 Å². The Bertz CT molecular complexity index is 617. The molecule has 0 unspecified atom stereocenters. The first-order chi connectivity index (χ1) is 9.22. The summed E-state index contributed by atoms with van der Waals surface area (Å²) >= 11 is 1.47. The quantitative estimate of drug-likeness (QED) is 0.256. The van der Waals surface area contributed by atoms with Gasteiger partial charge in [-0.15, -0.1) is 0 Å². The fraction of sp³-hybridized carbons (Fsp3) is 0.111. The molecule has 0 spiro atoms. The Morgan fingerprint density at radius 2 is 2.20 bits per heavy atom. The lowest BCUT2D eigenvalue weighted by atomic mass is 10.2. The van der Waals surface area contributed by atoms with E-state index in [1.54, 1.807) is 6.07 Å². The Labute approximate surface area is 123 Å². The number of nitrogens with zero attached hydrogens (tertiary/aromatic N) is 2. The number of nitro groups is 1. The molecular formula is C9H5F2IN4O4. The predicted molar refractivity (Wildman–Crippen MR) is 68.4 cm³/mol. The zero-order chi connectivity index (χ0) is 15.5. The topological polar surface area (TPSA) is 131 Å². The zero-order valence-corrected chi connectivity index (χ0v) is 11.6. The van der Waals surface area contributed by atoms with Crippen LogP contribution in [0.5, 0.6) is 5.75 Å². The Kier molecular flexibility index (Phi) is 4.73. The minimum absolute atomic E-state index is 0.111. The van der Waals surface area contributed by atoms with Crippen LogP contribution in [0.15, 0.2) is 12.1 Å². The second-order valence-corrected chi connectivity index (χ2v) is 4.43. The van der Waals surface area contributed by atoms with E-state index in [0.717, 1.165) is 12.1 Å². The summed E-state index contributed by atoms with van der Waals surface area (Å²) in [5, 5.41) is 19.5. The van der Waals surface area contributed by atoms with E-state index < -0.39 is 28.4 Å². The molecule has 1 rings (SSSR count). The smallest absolute Gasteiger partial charge is 0.417 e. The monoisotopic (exact) mass is 398 g/mol. The first-order valence-electron chi connectivity index (χ1n) is 4.69. The van der Waals surface area contributed by atoms with E-state index in [9.17, 15) is 23.7 Å². The highest BCUT2D eigenvalue weighted by molar-refractivity contribution is 14.1. The van der Waals surface area contributed by atoms with Crippen molar-refractivity contribution in [2.24, 2.45) is 5.84 Å². The van der Waals surface area contributed by atoms with Crippen molar-refractivity contribution >= 4 is 34.2 Å². The van der Waals surface area contributed by atoms with Gasteiger partial charge in [0.25, 0.3) is 0 Å². The van der Waals surface area contributed by atoms with E-state index in [2.05, 4.69) is 10.6 Å². The molecule has 0 fully saturated rings. The first kappa shape index (κ1) is 16.0. The SMILES string of the molecule is N#Cc1cc(I)c(OC(F)(F)C(=O)NN)c([N+](=O)[O-])c1. The van der Waals surface area contributed by atoms with Crippen molar-refractivity contribution < 1.29 is 23.2 Å². The highest BCUT2D eigenvalue weighted by atomic mass is 127. The minimum atomic E-state index is -4.40. The lowest BCUT2D eigenvalue weighted by Gasteiger charge is -2.16. The highest BCUT2D eigenvalue weighted by Gasteiger charge is 2.44. The third-order valence-electron chi connectivity index (χ3n) is 1.98. The van der Waals surface area contributed by atoms with Crippen molar-refractivity contribution in [2.75, 3.05) is 0 Å². The van der Waals surface area contributed by atoms with Crippen molar-refractivity contribution in [2.45, 2.75) is 6.11 Å². The minimum Gasteiger partial charge on any atom is -0.417 e. The maximum absolute atomic E-state index is 13.3. The van der Waals surface area contributed by atoms with Gasteiger partial charge in [-0.3, -0.25) is 20.3 Å². The van der Waals surface area contributed by atoms with Crippen LogP contribution in [0.25, 0.3) is 0 Å². The van der Waals surface area contributed by atoms with Gasteiger partial charge in [0.15, 0.2) is 0 Å². The summed E-state index contributed by atoms with van der Waals surface area (Å²) in [5.41, 5.74) is 0.204. The van der Waals surface area contributed by atoms with Gasteiger partial charge in [0.1, 0.15) is 0 Å². The number of nitriles is 1. The van der Waals surface area contributed by atoms with Gasteiger partial charge in [0.05, 0.1) is 20.1 Å². The van der Waals surface area contributed by atoms with Gasteiger partial charge in [-0.1, -0.05) is 0 Å². The molecule has 1 aromatic carbocycles. The van der Waals surface area contributed by atoms with Crippen molar-refractivity contribution in [3.8, 4) is 11.8 Å². The number of ether oxygens (including phenoxy) is 1. The second-order valence-electron chi connectivity index (χ2n) is 3.27. The Morgan fingerprint density at radius 1 is 1.60 bits per heavy atom. The molecule has 1 aromatic rings. The van der Waals surface area contributed by atoms with Gasteiger partial charge >= 0.3 is 17.7 Å². The van der Waals surface area contributed by atoms with E-state index in [-0.39, 0.29) is 9.13 Å². The molecule has 3 N–H and O–H groups in total. The van der Waals surface area contributed by atoms with Crippen molar-refractivity contribution in [1.82, 2.24) is 5.43 Å². The average molecular weight is 398 g/mol. The highest BCUT2D eigenvalue weighted by Crippen LogP contribution is 2.36.